The molecule has 0 bridgehead atoms. The van der Waals surface area contributed by atoms with Crippen LogP contribution in [0.25, 0.3) is 5.53 Å². The molecule has 0 atom stereocenters. The van der Waals surface area contributed by atoms with Crippen LogP contribution in [0, 0.1) is 0 Å². The summed E-state index contributed by atoms with van der Waals surface area (Å²) in [5.74, 6) is -1.19. The molecule has 68 valence electrons. The second-order valence-corrected chi connectivity index (χ2v) is 2.12. The molecular formula is C6H7F3N2O. The smallest absolute Gasteiger partial charge is 0.361 e. The standard InChI is InChI=1S/C6H7F3N2O/c1-2-3-4(12)5(11-10)6(7,8)9/h2-3H2,1H3. The molecule has 0 saturated carbocycles. The summed E-state index contributed by atoms with van der Waals surface area (Å²) in [4.78, 5) is 12.5. The van der Waals surface area contributed by atoms with Gasteiger partial charge in [-0.1, -0.05) is 6.92 Å². The summed E-state index contributed by atoms with van der Waals surface area (Å²) < 4.78 is 35.3. The van der Waals surface area contributed by atoms with Crippen LogP contribution in [0.15, 0.2) is 0 Å². The molecule has 0 amide bonds. The number of hydrogen-bond donors (Lipinski definition) is 0. The lowest BCUT2D eigenvalue weighted by Crippen LogP contribution is -2.31. The maximum absolute atomic E-state index is 11.8. The van der Waals surface area contributed by atoms with Crippen molar-refractivity contribution in [1.82, 2.24) is 0 Å². The number of alkyl halides is 3. The van der Waals surface area contributed by atoms with Gasteiger partial charge in [0.2, 0.25) is 5.78 Å². The lowest BCUT2D eigenvalue weighted by molar-refractivity contribution is -0.136. The van der Waals surface area contributed by atoms with E-state index in [1.165, 1.54) is 0 Å². The van der Waals surface area contributed by atoms with Crippen molar-refractivity contribution in [3.05, 3.63) is 5.53 Å². The Morgan fingerprint density at radius 3 is 2.25 bits per heavy atom. The minimum atomic E-state index is -4.86. The van der Waals surface area contributed by atoms with Crippen molar-refractivity contribution in [3.8, 4) is 0 Å². The van der Waals surface area contributed by atoms with Crippen LogP contribution in [0.2, 0.25) is 0 Å². The minimum absolute atomic E-state index is 0.265. The van der Waals surface area contributed by atoms with E-state index < -0.39 is 17.7 Å². The van der Waals surface area contributed by atoms with E-state index in [0.29, 0.717) is 0 Å². The van der Waals surface area contributed by atoms with Gasteiger partial charge in [0.1, 0.15) is 0 Å². The highest BCUT2D eigenvalue weighted by atomic mass is 19.4. The number of carbonyl (C=O) groups is 1. The Bertz CT molecular complexity index is 227. The third-order valence-electron chi connectivity index (χ3n) is 1.11. The van der Waals surface area contributed by atoms with E-state index in [1.807, 2.05) is 4.79 Å². The van der Waals surface area contributed by atoms with Gasteiger partial charge in [0.15, 0.2) is 0 Å². The molecule has 0 spiro atoms. The molecule has 0 N–H and O–H groups in total. The summed E-state index contributed by atoms with van der Waals surface area (Å²) in [7, 11) is 0. The van der Waals surface area contributed by atoms with Gasteiger partial charge < -0.3 is 5.53 Å². The second kappa shape index (κ2) is 4.01. The second-order valence-electron chi connectivity index (χ2n) is 2.12. The summed E-state index contributed by atoms with van der Waals surface area (Å²) in [6.07, 6.45) is -4.84. The van der Waals surface area contributed by atoms with Crippen LogP contribution >= 0.6 is 0 Å². The van der Waals surface area contributed by atoms with Gasteiger partial charge in [-0.3, -0.25) is 4.79 Å². The van der Waals surface area contributed by atoms with Gasteiger partial charge in [-0.15, -0.1) is 0 Å². The Morgan fingerprint density at radius 2 is 2.00 bits per heavy atom. The normalized spacial score (nSPS) is 10.7. The van der Waals surface area contributed by atoms with Gasteiger partial charge in [0, 0.05) is 6.42 Å². The minimum Gasteiger partial charge on any atom is -0.361 e. The third-order valence-corrected chi connectivity index (χ3v) is 1.11. The summed E-state index contributed by atoms with van der Waals surface area (Å²) >= 11 is 0. The average molecular weight is 180 g/mol. The largest absolute Gasteiger partial charge is 0.498 e. The van der Waals surface area contributed by atoms with E-state index in [0.717, 1.165) is 0 Å². The zero-order valence-corrected chi connectivity index (χ0v) is 6.35. The highest BCUT2D eigenvalue weighted by Gasteiger charge is 2.48. The van der Waals surface area contributed by atoms with Gasteiger partial charge >= 0.3 is 11.9 Å². The third kappa shape index (κ3) is 2.84. The Kier molecular flexibility index (Phi) is 3.63. The zero-order valence-electron chi connectivity index (χ0n) is 6.35. The summed E-state index contributed by atoms with van der Waals surface area (Å²) in [5.41, 5.74) is 6.17. The Morgan fingerprint density at radius 1 is 1.50 bits per heavy atom. The molecule has 0 aromatic rings. The van der Waals surface area contributed by atoms with Crippen LogP contribution in [0.4, 0.5) is 13.2 Å². The van der Waals surface area contributed by atoms with E-state index in [2.05, 4.69) is 0 Å². The lowest BCUT2D eigenvalue weighted by atomic mass is 10.1. The predicted octanol–water partition coefficient (Wildman–Crippen LogP) is 1.59. The van der Waals surface area contributed by atoms with Gasteiger partial charge in [-0.05, 0) is 6.42 Å². The van der Waals surface area contributed by atoms with E-state index in [-0.39, 0.29) is 12.8 Å². The van der Waals surface area contributed by atoms with Gasteiger partial charge in [-0.25, -0.2) is 0 Å². The molecule has 6 heteroatoms. The molecule has 0 fully saturated rings. The van der Waals surface area contributed by atoms with E-state index >= 15 is 0 Å². The van der Waals surface area contributed by atoms with Crippen molar-refractivity contribution in [1.29, 1.82) is 0 Å². The zero-order chi connectivity index (χ0) is 9.78. The Balaban J connectivity index is 4.61. The Hall–Kier alpha value is -1.16. The van der Waals surface area contributed by atoms with E-state index in [4.69, 9.17) is 5.53 Å². The molecular weight excluding hydrogens is 173 g/mol. The number of nitrogens with zero attached hydrogens (tertiary/aromatic N) is 2. The molecule has 0 saturated heterocycles. The van der Waals surface area contributed by atoms with Crippen molar-refractivity contribution < 1.29 is 22.8 Å². The van der Waals surface area contributed by atoms with Crippen LogP contribution in [0.3, 0.4) is 0 Å². The first kappa shape index (κ1) is 10.8. The molecule has 0 rings (SSSR count). The van der Waals surface area contributed by atoms with Crippen molar-refractivity contribution >= 4 is 11.5 Å². The monoisotopic (exact) mass is 180 g/mol. The predicted molar refractivity (Wildman–Crippen MR) is 34.6 cm³/mol. The van der Waals surface area contributed by atoms with Crippen molar-refractivity contribution in [2.45, 2.75) is 25.9 Å². The molecule has 0 heterocycles. The highest BCUT2D eigenvalue weighted by Crippen LogP contribution is 2.17. The first-order chi connectivity index (χ1) is 5.43. The molecule has 0 aliphatic carbocycles. The molecule has 0 unspecified atom stereocenters. The molecule has 0 aromatic carbocycles. The molecule has 0 aliphatic rings. The number of ketones is 1. The van der Waals surface area contributed by atoms with Crippen molar-refractivity contribution in [2.24, 2.45) is 0 Å². The van der Waals surface area contributed by atoms with Crippen LogP contribution in [-0.4, -0.2) is 22.5 Å². The van der Waals surface area contributed by atoms with E-state index in [9.17, 15) is 18.0 Å². The summed E-state index contributed by atoms with van der Waals surface area (Å²) in [6.45, 7) is 1.56. The van der Waals surface area contributed by atoms with Gasteiger partial charge in [-0.2, -0.15) is 18.0 Å². The fourth-order valence-corrected chi connectivity index (χ4v) is 0.616. The van der Waals surface area contributed by atoms with Gasteiger partial charge in [0.25, 0.3) is 0 Å². The lowest BCUT2D eigenvalue weighted by Gasteiger charge is -1.97. The number of halogens is 3. The summed E-state index contributed by atoms with van der Waals surface area (Å²) in [5, 5.41) is 0. The van der Waals surface area contributed by atoms with Crippen LogP contribution in [0.5, 0.6) is 0 Å². The summed E-state index contributed by atoms with van der Waals surface area (Å²) in [6, 6.07) is 0. The maximum Gasteiger partial charge on any atom is 0.498 e. The van der Waals surface area contributed by atoms with Crippen LogP contribution in [0.1, 0.15) is 19.8 Å². The molecule has 12 heavy (non-hydrogen) atoms. The molecule has 0 radical (unpaired) electrons. The maximum atomic E-state index is 11.8. The molecule has 0 aliphatic heterocycles. The Labute approximate surface area is 66.8 Å². The number of Topliss-reactive ketones (excluding diaryl/α,β-unsaturated/α-hetero) is 1. The van der Waals surface area contributed by atoms with Gasteiger partial charge in [0.05, 0.1) is 0 Å². The quantitative estimate of drug-likeness (QED) is 0.369. The van der Waals surface area contributed by atoms with Crippen LogP contribution in [-0.2, 0) is 4.79 Å². The van der Waals surface area contributed by atoms with Crippen LogP contribution < -0.4 is 0 Å². The molecule has 3 nitrogen and oxygen atoms in total. The van der Waals surface area contributed by atoms with Crippen molar-refractivity contribution in [2.75, 3.05) is 0 Å². The first-order valence-electron chi connectivity index (χ1n) is 3.26. The first-order valence-corrected chi connectivity index (χ1v) is 3.26. The number of carbonyl (C=O) groups excluding carboxylic acids is 1. The topological polar surface area (TPSA) is 53.5 Å². The molecule has 0 aromatic heterocycles. The average Bonchev–Trinajstić information content (AvgIpc) is 1.85. The SMILES string of the molecule is CCCC(=O)C(=[N+]=[N-])C(F)(F)F. The number of hydrogen-bond acceptors (Lipinski definition) is 1. The number of rotatable bonds is 3. The fourth-order valence-electron chi connectivity index (χ4n) is 0.616. The van der Waals surface area contributed by atoms with E-state index in [1.54, 1.807) is 6.92 Å². The highest BCUT2D eigenvalue weighted by molar-refractivity contribution is 6.39. The van der Waals surface area contributed by atoms with Crippen molar-refractivity contribution in [3.63, 3.8) is 0 Å². The fraction of sp³-hybridized carbons (Fsp3) is 0.667.